The van der Waals surface area contributed by atoms with Gasteiger partial charge < -0.3 is 9.84 Å². The van der Waals surface area contributed by atoms with Crippen molar-refractivity contribution in [3.8, 4) is 11.5 Å². The minimum atomic E-state index is -0.505. The highest BCUT2D eigenvalue weighted by Crippen LogP contribution is 2.32. The molecule has 20 heavy (non-hydrogen) atoms. The summed E-state index contributed by atoms with van der Waals surface area (Å²) in [7, 11) is 0. The van der Waals surface area contributed by atoms with Gasteiger partial charge in [-0.05, 0) is 38.0 Å². The van der Waals surface area contributed by atoms with E-state index < -0.39 is 6.10 Å². The van der Waals surface area contributed by atoms with E-state index in [2.05, 4.69) is 11.9 Å². The van der Waals surface area contributed by atoms with Gasteiger partial charge >= 0.3 is 0 Å². The molecule has 2 aromatic rings. The summed E-state index contributed by atoms with van der Waals surface area (Å²) in [6.45, 7) is 5.98. The summed E-state index contributed by atoms with van der Waals surface area (Å²) in [6, 6.07) is 11.5. The molecule has 1 aromatic carbocycles. The van der Waals surface area contributed by atoms with Gasteiger partial charge in [0.2, 0.25) is 0 Å². The number of aryl methyl sites for hydroxylation is 2. The number of rotatable bonds is 5. The van der Waals surface area contributed by atoms with Crippen molar-refractivity contribution in [2.75, 3.05) is 0 Å². The normalized spacial score (nSPS) is 12.2. The largest absolute Gasteiger partial charge is 0.455 e. The van der Waals surface area contributed by atoms with Crippen LogP contribution in [0, 0.1) is 6.92 Å². The number of hydrogen-bond donors (Lipinski definition) is 1. The second-order valence-corrected chi connectivity index (χ2v) is 4.81. The molecule has 2 rings (SSSR count). The van der Waals surface area contributed by atoms with Gasteiger partial charge in [0, 0.05) is 11.3 Å². The fourth-order valence-electron chi connectivity index (χ4n) is 2.13. The lowest BCUT2D eigenvalue weighted by Gasteiger charge is -2.16. The third-order valence-electron chi connectivity index (χ3n) is 3.29. The molecule has 0 saturated heterocycles. The average Bonchev–Trinajstić information content (AvgIpc) is 2.48. The van der Waals surface area contributed by atoms with Crippen LogP contribution in [0.5, 0.6) is 11.5 Å². The van der Waals surface area contributed by atoms with Crippen LogP contribution >= 0.6 is 0 Å². The molecule has 3 heteroatoms. The molecule has 0 bridgehead atoms. The smallest absolute Gasteiger partial charge is 0.148 e. The van der Waals surface area contributed by atoms with Crippen LogP contribution in [0.1, 0.15) is 43.3 Å². The number of aromatic nitrogens is 1. The van der Waals surface area contributed by atoms with E-state index in [9.17, 15) is 5.11 Å². The standard InChI is InChI=1S/C17H21NO2/c1-4-14-17(11-10-12(3)18-14)20-16-9-7-6-8-13(16)15(19)5-2/h6-11,15,19H,4-5H2,1-3H3/t15-/m1/s1. The Morgan fingerprint density at radius 3 is 2.55 bits per heavy atom. The number of nitrogens with zero attached hydrogens (tertiary/aromatic N) is 1. The van der Waals surface area contributed by atoms with Crippen LogP contribution < -0.4 is 4.74 Å². The van der Waals surface area contributed by atoms with Crippen LogP contribution in [0.4, 0.5) is 0 Å². The molecule has 0 amide bonds. The number of para-hydroxylation sites is 1. The predicted molar refractivity (Wildman–Crippen MR) is 80.1 cm³/mol. The molecule has 0 fully saturated rings. The zero-order chi connectivity index (χ0) is 14.5. The van der Waals surface area contributed by atoms with Crippen LogP contribution in [-0.4, -0.2) is 10.1 Å². The number of aliphatic hydroxyl groups is 1. The SMILES string of the molecule is CCc1nc(C)ccc1Oc1ccccc1[C@H](O)CC. The van der Waals surface area contributed by atoms with E-state index in [1.165, 1.54) is 0 Å². The van der Waals surface area contributed by atoms with E-state index in [-0.39, 0.29) is 0 Å². The summed E-state index contributed by atoms with van der Waals surface area (Å²) < 4.78 is 5.99. The first-order valence-corrected chi connectivity index (χ1v) is 7.07. The highest BCUT2D eigenvalue weighted by Gasteiger charge is 2.13. The topological polar surface area (TPSA) is 42.4 Å². The molecule has 0 saturated carbocycles. The molecular weight excluding hydrogens is 250 g/mol. The Balaban J connectivity index is 2.35. The van der Waals surface area contributed by atoms with E-state index in [0.717, 1.165) is 29.1 Å². The fourth-order valence-corrected chi connectivity index (χ4v) is 2.13. The molecule has 0 aliphatic rings. The van der Waals surface area contributed by atoms with Crippen molar-refractivity contribution in [2.24, 2.45) is 0 Å². The average molecular weight is 271 g/mol. The van der Waals surface area contributed by atoms with Crippen molar-refractivity contribution in [3.05, 3.63) is 53.3 Å². The van der Waals surface area contributed by atoms with Gasteiger partial charge in [0.15, 0.2) is 0 Å². The highest BCUT2D eigenvalue weighted by atomic mass is 16.5. The summed E-state index contributed by atoms with van der Waals surface area (Å²) in [4.78, 5) is 4.49. The van der Waals surface area contributed by atoms with E-state index in [1.807, 2.05) is 50.2 Å². The molecule has 0 radical (unpaired) electrons. The number of benzene rings is 1. The Bertz CT molecular complexity index is 581. The Hall–Kier alpha value is -1.87. The molecule has 3 nitrogen and oxygen atoms in total. The van der Waals surface area contributed by atoms with Crippen molar-refractivity contribution in [1.82, 2.24) is 4.98 Å². The zero-order valence-corrected chi connectivity index (χ0v) is 12.3. The Morgan fingerprint density at radius 2 is 1.85 bits per heavy atom. The summed E-state index contributed by atoms with van der Waals surface area (Å²) in [5, 5.41) is 10.1. The van der Waals surface area contributed by atoms with Gasteiger partial charge in [-0.1, -0.05) is 32.0 Å². The van der Waals surface area contributed by atoms with Gasteiger partial charge in [0.05, 0.1) is 11.8 Å². The van der Waals surface area contributed by atoms with Gasteiger partial charge in [-0.25, -0.2) is 0 Å². The zero-order valence-electron chi connectivity index (χ0n) is 12.3. The van der Waals surface area contributed by atoms with Crippen molar-refractivity contribution < 1.29 is 9.84 Å². The Labute approximate surface area is 120 Å². The quantitative estimate of drug-likeness (QED) is 0.886. The number of aliphatic hydroxyl groups excluding tert-OH is 1. The van der Waals surface area contributed by atoms with Crippen LogP contribution in [0.3, 0.4) is 0 Å². The Morgan fingerprint density at radius 1 is 1.10 bits per heavy atom. The second kappa shape index (κ2) is 6.53. The van der Waals surface area contributed by atoms with Crippen molar-refractivity contribution >= 4 is 0 Å². The van der Waals surface area contributed by atoms with Gasteiger partial charge in [-0.15, -0.1) is 0 Å². The molecule has 1 heterocycles. The summed E-state index contributed by atoms with van der Waals surface area (Å²) in [5.41, 5.74) is 2.74. The molecule has 1 atom stereocenters. The third kappa shape index (κ3) is 3.17. The first-order valence-electron chi connectivity index (χ1n) is 7.07. The van der Waals surface area contributed by atoms with Crippen LogP contribution in [0.25, 0.3) is 0 Å². The lowest BCUT2D eigenvalue weighted by atomic mass is 10.1. The number of pyridine rings is 1. The summed E-state index contributed by atoms with van der Waals surface area (Å²) >= 11 is 0. The van der Waals surface area contributed by atoms with E-state index in [4.69, 9.17) is 4.74 Å². The maximum Gasteiger partial charge on any atom is 0.148 e. The van der Waals surface area contributed by atoms with Gasteiger partial charge in [-0.3, -0.25) is 4.98 Å². The van der Waals surface area contributed by atoms with Gasteiger partial charge in [0.25, 0.3) is 0 Å². The number of ether oxygens (including phenoxy) is 1. The van der Waals surface area contributed by atoms with Crippen LogP contribution in [0.15, 0.2) is 36.4 Å². The third-order valence-corrected chi connectivity index (χ3v) is 3.29. The molecule has 0 unspecified atom stereocenters. The van der Waals surface area contributed by atoms with E-state index in [1.54, 1.807) is 0 Å². The van der Waals surface area contributed by atoms with Crippen molar-refractivity contribution in [1.29, 1.82) is 0 Å². The summed E-state index contributed by atoms with van der Waals surface area (Å²) in [6.07, 6.45) is 0.970. The second-order valence-electron chi connectivity index (χ2n) is 4.81. The molecule has 0 aliphatic carbocycles. The Kier molecular flexibility index (Phi) is 4.74. The van der Waals surface area contributed by atoms with Gasteiger partial charge in [-0.2, -0.15) is 0 Å². The molecule has 1 N–H and O–H groups in total. The van der Waals surface area contributed by atoms with Crippen molar-refractivity contribution in [2.45, 2.75) is 39.7 Å². The van der Waals surface area contributed by atoms with Crippen molar-refractivity contribution in [3.63, 3.8) is 0 Å². The fraction of sp³-hybridized carbons (Fsp3) is 0.353. The maximum atomic E-state index is 10.1. The first kappa shape index (κ1) is 14.5. The monoisotopic (exact) mass is 271 g/mol. The van der Waals surface area contributed by atoms with E-state index in [0.29, 0.717) is 12.2 Å². The molecule has 1 aromatic heterocycles. The minimum Gasteiger partial charge on any atom is -0.455 e. The lowest BCUT2D eigenvalue weighted by Crippen LogP contribution is -2.01. The predicted octanol–water partition coefficient (Wildman–Crippen LogP) is 4.19. The van der Waals surface area contributed by atoms with Gasteiger partial charge in [0.1, 0.15) is 11.5 Å². The molecular formula is C17H21NO2. The van der Waals surface area contributed by atoms with Crippen LogP contribution in [0.2, 0.25) is 0 Å². The molecule has 106 valence electrons. The molecule has 0 spiro atoms. The lowest BCUT2D eigenvalue weighted by molar-refractivity contribution is 0.170. The first-order chi connectivity index (χ1) is 9.65. The number of hydrogen-bond acceptors (Lipinski definition) is 3. The highest BCUT2D eigenvalue weighted by molar-refractivity contribution is 5.40. The minimum absolute atomic E-state index is 0.505. The molecule has 0 aliphatic heterocycles. The van der Waals surface area contributed by atoms with Crippen LogP contribution in [-0.2, 0) is 6.42 Å². The van der Waals surface area contributed by atoms with E-state index >= 15 is 0 Å². The summed E-state index contributed by atoms with van der Waals surface area (Å²) in [5.74, 6) is 1.45. The maximum absolute atomic E-state index is 10.1.